The van der Waals surface area contributed by atoms with E-state index in [2.05, 4.69) is 0 Å². The van der Waals surface area contributed by atoms with Crippen LogP contribution in [0.25, 0.3) is 0 Å². The lowest BCUT2D eigenvalue weighted by Gasteiger charge is -2.26. The summed E-state index contributed by atoms with van der Waals surface area (Å²) < 4.78 is 85.4. The lowest BCUT2D eigenvalue weighted by molar-refractivity contribution is -0.171. The lowest BCUT2D eigenvalue weighted by Crippen LogP contribution is -2.43. The van der Waals surface area contributed by atoms with E-state index in [4.69, 9.17) is 19.7 Å². The molecule has 0 bridgehead atoms. The summed E-state index contributed by atoms with van der Waals surface area (Å²) in [6.45, 7) is 7.95. The second-order valence-electron chi connectivity index (χ2n) is 10.9. The van der Waals surface area contributed by atoms with Gasteiger partial charge in [-0.05, 0) is 54.4 Å². The summed E-state index contributed by atoms with van der Waals surface area (Å²) in [6, 6.07) is -3.00. The summed E-state index contributed by atoms with van der Waals surface area (Å²) in [4.78, 5) is 46.6. The highest BCUT2D eigenvalue weighted by atomic mass is 19.4. The summed E-state index contributed by atoms with van der Waals surface area (Å²) >= 11 is 0. The molecule has 0 aromatic heterocycles. The molecule has 0 aromatic rings. The number of halogens is 6. The molecular weight excluding hydrogens is 534 g/mol. The second-order valence-corrected chi connectivity index (χ2v) is 10.9. The van der Waals surface area contributed by atoms with Crippen LogP contribution in [0.1, 0.15) is 54.4 Å². The molecule has 4 atom stereocenters. The number of aliphatic carboxylic acids is 2. The van der Waals surface area contributed by atoms with Gasteiger partial charge in [0.25, 0.3) is 0 Å². The minimum atomic E-state index is -4.52. The van der Waals surface area contributed by atoms with E-state index in [9.17, 15) is 45.5 Å². The van der Waals surface area contributed by atoms with E-state index < -0.39 is 97.5 Å². The van der Waals surface area contributed by atoms with Crippen molar-refractivity contribution in [1.29, 1.82) is 0 Å². The first kappa shape index (κ1) is 33.1. The predicted molar refractivity (Wildman–Crippen MR) is 117 cm³/mol. The van der Waals surface area contributed by atoms with E-state index in [1.54, 1.807) is 41.5 Å². The SMILES string of the molecule is CC(C)(C)OC(=O)N1C[C@@H](C(F)(F)F)C[C@H]1C(=O)O.CC(C)(C)OC(=O)N1C[C@H](C(F)(F)F)C[C@@H]1C(=O)O. The minimum Gasteiger partial charge on any atom is -0.480 e. The van der Waals surface area contributed by atoms with Gasteiger partial charge in [0.2, 0.25) is 0 Å². The number of hydrogen-bond donors (Lipinski definition) is 2. The van der Waals surface area contributed by atoms with E-state index >= 15 is 0 Å². The van der Waals surface area contributed by atoms with E-state index in [1.165, 1.54) is 0 Å². The van der Waals surface area contributed by atoms with Gasteiger partial charge in [-0.25, -0.2) is 19.2 Å². The van der Waals surface area contributed by atoms with Crippen molar-refractivity contribution in [3.05, 3.63) is 0 Å². The molecule has 220 valence electrons. The Kier molecular flexibility index (Phi) is 9.96. The van der Waals surface area contributed by atoms with Crippen molar-refractivity contribution < 1.29 is 65.2 Å². The molecule has 0 aliphatic carbocycles. The fourth-order valence-corrected chi connectivity index (χ4v) is 3.66. The first-order valence-electron chi connectivity index (χ1n) is 11.4. The molecule has 2 saturated heterocycles. The zero-order chi connectivity index (χ0) is 30.0. The third-order valence-electron chi connectivity index (χ3n) is 5.35. The zero-order valence-corrected chi connectivity index (χ0v) is 21.6. The average molecular weight is 566 g/mol. The quantitative estimate of drug-likeness (QED) is 0.467. The summed E-state index contributed by atoms with van der Waals surface area (Å²) in [6.07, 6.45) is -12.4. The Morgan fingerprint density at radius 1 is 0.632 bits per heavy atom. The van der Waals surface area contributed by atoms with Gasteiger partial charge in [0, 0.05) is 13.1 Å². The molecule has 0 spiro atoms. The molecule has 2 rings (SSSR count). The molecule has 16 heteroatoms. The number of carbonyl (C=O) groups is 4. The van der Waals surface area contributed by atoms with E-state index in [-0.39, 0.29) is 0 Å². The van der Waals surface area contributed by atoms with Crippen LogP contribution in [0.4, 0.5) is 35.9 Å². The number of rotatable bonds is 2. The van der Waals surface area contributed by atoms with Crippen molar-refractivity contribution in [1.82, 2.24) is 9.80 Å². The van der Waals surface area contributed by atoms with Gasteiger partial charge in [-0.2, -0.15) is 26.3 Å². The van der Waals surface area contributed by atoms with Crippen molar-refractivity contribution >= 4 is 24.1 Å². The van der Waals surface area contributed by atoms with Crippen LogP contribution in [0.5, 0.6) is 0 Å². The highest BCUT2D eigenvalue weighted by Gasteiger charge is 2.53. The largest absolute Gasteiger partial charge is 0.480 e. The number of carboxylic acid groups (broad SMARTS) is 2. The van der Waals surface area contributed by atoms with E-state index in [0.29, 0.717) is 9.80 Å². The van der Waals surface area contributed by atoms with Crippen LogP contribution in [0.15, 0.2) is 0 Å². The topological polar surface area (TPSA) is 134 Å². The maximum Gasteiger partial charge on any atom is 0.411 e. The number of ether oxygens (including phenoxy) is 2. The van der Waals surface area contributed by atoms with Gasteiger partial charge in [0.15, 0.2) is 0 Å². The maximum atomic E-state index is 12.6. The molecule has 10 nitrogen and oxygen atoms in total. The average Bonchev–Trinajstić information content (AvgIpc) is 3.31. The van der Waals surface area contributed by atoms with E-state index in [1.807, 2.05) is 0 Å². The molecule has 2 aliphatic heterocycles. The normalized spacial score (nSPS) is 24.4. The van der Waals surface area contributed by atoms with Gasteiger partial charge < -0.3 is 19.7 Å². The van der Waals surface area contributed by atoms with Crippen LogP contribution < -0.4 is 0 Å². The van der Waals surface area contributed by atoms with Crippen molar-refractivity contribution in [3.8, 4) is 0 Å². The Hall–Kier alpha value is -2.94. The van der Waals surface area contributed by atoms with Gasteiger partial charge in [-0.1, -0.05) is 0 Å². The van der Waals surface area contributed by atoms with Gasteiger partial charge in [-0.3, -0.25) is 9.80 Å². The Morgan fingerprint density at radius 3 is 1.08 bits per heavy atom. The zero-order valence-electron chi connectivity index (χ0n) is 21.6. The summed E-state index contributed by atoms with van der Waals surface area (Å²) in [7, 11) is 0. The fourth-order valence-electron chi connectivity index (χ4n) is 3.66. The van der Waals surface area contributed by atoms with Crippen LogP contribution in [0, 0.1) is 11.8 Å². The molecule has 2 aliphatic rings. The van der Waals surface area contributed by atoms with Crippen molar-refractivity contribution in [2.45, 2.75) is 90.0 Å². The number of hydrogen-bond acceptors (Lipinski definition) is 6. The molecule has 0 radical (unpaired) electrons. The summed E-state index contributed by atoms with van der Waals surface area (Å²) in [5, 5.41) is 17.8. The van der Waals surface area contributed by atoms with Gasteiger partial charge in [-0.15, -0.1) is 0 Å². The second kappa shape index (κ2) is 11.4. The number of likely N-dealkylation sites (tertiary alicyclic amines) is 2. The Balaban J connectivity index is 0.000000380. The van der Waals surface area contributed by atoms with Gasteiger partial charge in [0.05, 0.1) is 11.8 Å². The first-order chi connectivity index (χ1) is 16.8. The highest BCUT2D eigenvalue weighted by molar-refractivity contribution is 5.81. The third kappa shape index (κ3) is 9.74. The Morgan fingerprint density at radius 2 is 0.895 bits per heavy atom. The molecule has 2 N–H and O–H groups in total. The lowest BCUT2D eigenvalue weighted by atomic mass is 10.1. The fraction of sp³-hybridized carbons (Fsp3) is 0.818. The van der Waals surface area contributed by atoms with Crippen LogP contribution in [0.2, 0.25) is 0 Å². The van der Waals surface area contributed by atoms with Crippen LogP contribution >= 0.6 is 0 Å². The summed E-state index contributed by atoms with van der Waals surface area (Å²) in [5.41, 5.74) is -1.78. The molecule has 2 heterocycles. The molecular formula is C22H32F6N2O8. The molecule has 2 fully saturated rings. The first-order valence-corrected chi connectivity index (χ1v) is 11.4. The van der Waals surface area contributed by atoms with Gasteiger partial charge >= 0.3 is 36.5 Å². The Bertz CT molecular complexity index is 822. The monoisotopic (exact) mass is 566 g/mol. The van der Waals surface area contributed by atoms with Crippen LogP contribution in [0.3, 0.4) is 0 Å². The number of nitrogens with zero attached hydrogens (tertiary/aromatic N) is 2. The van der Waals surface area contributed by atoms with E-state index in [0.717, 1.165) is 0 Å². The molecule has 0 unspecified atom stereocenters. The number of alkyl halides is 6. The van der Waals surface area contributed by atoms with Crippen molar-refractivity contribution in [3.63, 3.8) is 0 Å². The molecule has 38 heavy (non-hydrogen) atoms. The number of amides is 2. The van der Waals surface area contributed by atoms with Gasteiger partial charge in [0.1, 0.15) is 23.3 Å². The Labute approximate surface area is 214 Å². The predicted octanol–water partition coefficient (Wildman–Crippen LogP) is 4.52. The molecule has 2 amide bonds. The summed E-state index contributed by atoms with van der Waals surface area (Å²) in [5.74, 6) is -6.59. The standard InChI is InChI=1S/2C11H16F3NO4/c2*1-10(2,3)19-9(18)15-5-6(11(12,13)14)4-7(15)8(16)17/h2*6-7H,4-5H2,1-3H3,(H,16,17)/t2*6-,7-/m10/s1. The smallest absolute Gasteiger partial charge is 0.411 e. The number of carboxylic acids is 2. The maximum absolute atomic E-state index is 12.6. The van der Waals surface area contributed by atoms with Crippen molar-refractivity contribution in [2.75, 3.05) is 13.1 Å². The highest BCUT2D eigenvalue weighted by Crippen LogP contribution is 2.38. The third-order valence-corrected chi connectivity index (χ3v) is 5.35. The molecule has 0 saturated carbocycles. The van der Waals surface area contributed by atoms with Crippen LogP contribution in [-0.4, -0.2) is 92.9 Å². The minimum absolute atomic E-state index is 0.631. The molecule has 0 aromatic carbocycles. The van der Waals surface area contributed by atoms with Crippen LogP contribution in [-0.2, 0) is 19.1 Å². The van der Waals surface area contributed by atoms with Crippen molar-refractivity contribution in [2.24, 2.45) is 11.8 Å². The number of carbonyl (C=O) groups excluding carboxylic acids is 2.